The molecule has 0 aliphatic rings. The fraction of sp³-hybridized carbons (Fsp3) is 0.0667. The van der Waals surface area contributed by atoms with Gasteiger partial charge in [-0.25, -0.2) is 9.18 Å². The van der Waals surface area contributed by atoms with Crippen LogP contribution in [0.1, 0.15) is 10.4 Å². The number of benzene rings is 2. The zero-order valence-corrected chi connectivity index (χ0v) is 12.3. The predicted octanol–water partition coefficient (Wildman–Crippen LogP) is 3.91. The van der Waals surface area contributed by atoms with E-state index in [2.05, 4.69) is 15.4 Å². The van der Waals surface area contributed by atoms with Crippen molar-refractivity contribution in [2.24, 2.45) is 0 Å². The lowest BCUT2D eigenvalue weighted by Gasteiger charge is -2.10. The molecule has 0 radical (unpaired) electrons. The first-order valence-corrected chi connectivity index (χ1v) is 6.59. The maximum Gasteiger partial charge on any atom is 0.411 e. The summed E-state index contributed by atoms with van der Waals surface area (Å²) in [5, 5.41) is 5.09. The van der Waals surface area contributed by atoms with Gasteiger partial charge in [0.2, 0.25) is 0 Å². The number of hydrogen-bond donors (Lipinski definition) is 2. The highest BCUT2D eigenvalue weighted by atomic mass is 35.5. The normalized spacial score (nSPS) is 9.95. The number of nitrogens with one attached hydrogen (secondary N) is 2. The minimum absolute atomic E-state index is 0.108. The van der Waals surface area contributed by atoms with E-state index in [0.717, 1.165) is 13.2 Å². The number of amides is 2. The largest absolute Gasteiger partial charge is 0.453 e. The summed E-state index contributed by atoms with van der Waals surface area (Å²) in [7, 11) is 1.16. The van der Waals surface area contributed by atoms with Crippen molar-refractivity contribution in [3.05, 3.63) is 58.9 Å². The summed E-state index contributed by atoms with van der Waals surface area (Å²) in [5.41, 5.74) is 0.484. The molecule has 0 unspecified atom stereocenters. The van der Waals surface area contributed by atoms with Crippen molar-refractivity contribution in [2.75, 3.05) is 17.7 Å². The molecule has 0 fully saturated rings. The van der Waals surface area contributed by atoms with Crippen molar-refractivity contribution in [3.63, 3.8) is 0 Å². The summed E-state index contributed by atoms with van der Waals surface area (Å²) in [6, 6.07) is 10.3. The molecule has 7 heteroatoms. The summed E-state index contributed by atoms with van der Waals surface area (Å²) in [5.74, 6) is -1.10. The van der Waals surface area contributed by atoms with Crippen LogP contribution in [0, 0.1) is 5.82 Å². The van der Waals surface area contributed by atoms with Crippen molar-refractivity contribution in [3.8, 4) is 0 Å². The Morgan fingerprint density at radius 1 is 1.14 bits per heavy atom. The van der Waals surface area contributed by atoms with E-state index in [-0.39, 0.29) is 11.3 Å². The molecule has 2 rings (SSSR count). The molecule has 2 amide bonds. The Labute approximate surface area is 131 Å². The Hall–Kier alpha value is -2.60. The lowest BCUT2D eigenvalue weighted by molar-refractivity contribution is 0.102. The molecule has 2 aromatic rings. The average Bonchev–Trinajstić information content (AvgIpc) is 2.50. The van der Waals surface area contributed by atoms with Crippen LogP contribution in [0.4, 0.5) is 20.6 Å². The van der Waals surface area contributed by atoms with Crippen LogP contribution in [0.15, 0.2) is 42.5 Å². The van der Waals surface area contributed by atoms with Crippen LogP contribution in [0.3, 0.4) is 0 Å². The van der Waals surface area contributed by atoms with Crippen LogP contribution in [0.25, 0.3) is 0 Å². The average molecular weight is 323 g/mol. The molecular weight excluding hydrogens is 311 g/mol. The first-order valence-electron chi connectivity index (χ1n) is 6.21. The second kappa shape index (κ2) is 6.91. The topological polar surface area (TPSA) is 67.4 Å². The number of anilines is 2. The maximum absolute atomic E-state index is 13.6. The van der Waals surface area contributed by atoms with Gasteiger partial charge in [-0.2, -0.15) is 0 Å². The second-order valence-electron chi connectivity index (χ2n) is 4.25. The highest BCUT2D eigenvalue weighted by molar-refractivity contribution is 6.34. The van der Waals surface area contributed by atoms with Crippen LogP contribution >= 0.6 is 11.6 Å². The molecule has 0 saturated heterocycles. The van der Waals surface area contributed by atoms with Crippen LogP contribution in [0.5, 0.6) is 0 Å². The Balaban J connectivity index is 2.20. The highest BCUT2D eigenvalue weighted by Crippen LogP contribution is 2.22. The molecule has 0 bridgehead atoms. The predicted molar refractivity (Wildman–Crippen MR) is 81.8 cm³/mol. The summed E-state index contributed by atoms with van der Waals surface area (Å²) >= 11 is 5.94. The Morgan fingerprint density at radius 3 is 2.55 bits per heavy atom. The van der Waals surface area contributed by atoms with Gasteiger partial charge in [0.15, 0.2) is 0 Å². The second-order valence-corrected chi connectivity index (χ2v) is 4.65. The maximum atomic E-state index is 13.6. The van der Waals surface area contributed by atoms with Gasteiger partial charge < -0.3 is 10.1 Å². The summed E-state index contributed by atoms with van der Waals surface area (Å²) in [6.45, 7) is 0. The van der Waals surface area contributed by atoms with E-state index in [4.69, 9.17) is 11.6 Å². The number of carbonyl (C=O) groups is 2. The molecule has 0 heterocycles. The van der Waals surface area contributed by atoms with Gasteiger partial charge in [0.05, 0.1) is 23.4 Å². The Morgan fingerprint density at radius 2 is 1.86 bits per heavy atom. The zero-order valence-electron chi connectivity index (χ0n) is 11.5. The van der Waals surface area contributed by atoms with E-state index in [0.29, 0.717) is 10.7 Å². The smallest absolute Gasteiger partial charge is 0.411 e. The van der Waals surface area contributed by atoms with E-state index in [1.54, 1.807) is 24.3 Å². The molecule has 0 aliphatic carbocycles. The first-order chi connectivity index (χ1) is 10.5. The van der Waals surface area contributed by atoms with Gasteiger partial charge in [0.25, 0.3) is 5.91 Å². The zero-order chi connectivity index (χ0) is 16.1. The Kier molecular flexibility index (Phi) is 4.95. The number of rotatable bonds is 3. The van der Waals surface area contributed by atoms with Gasteiger partial charge in [-0.15, -0.1) is 0 Å². The first kappa shape index (κ1) is 15.8. The molecule has 114 valence electrons. The fourth-order valence-electron chi connectivity index (χ4n) is 1.70. The summed E-state index contributed by atoms with van der Waals surface area (Å²) in [4.78, 5) is 23.2. The van der Waals surface area contributed by atoms with Gasteiger partial charge in [0.1, 0.15) is 5.82 Å². The quantitative estimate of drug-likeness (QED) is 0.900. The third-order valence-corrected chi connectivity index (χ3v) is 3.09. The minimum Gasteiger partial charge on any atom is -0.453 e. The fourth-order valence-corrected chi connectivity index (χ4v) is 1.93. The van der Waals surface area contributed by atoms with E-state index in [1.807, 2.05) is 0 Å². The SMILES string of the molecule is COC(=O)Nc1cc(NC(=O)c2ccccc2Cl)ccc1F. The Bertz CT molecular complexity index is 722. The van der Waals surface area contributed by atoms with Crippen molar-refractivity contribution < 1.29 is 18.7 Å². The van der Waals surface area contributed by atoms with E-state index in [1.165, 1.54) is 12.1 Å². The molecule has 2 aromatic carbocycles. The van der Waals surface area contributed by atoms with Crippen molar-refractivity contribution in [2.45, 2.75) is 0 Å². The molecule has 2 N–H and O–H groups in total. The molecular formula is C15H12ClFN2O3. The van der Waals surface area contributed by atoms with Gasteiger partial charge in [-0.1, -0.05) is 23.7 Å². The molecule has 0 atom stereocenters. The number of carbonyl (C=O) groups excluding carboxylic acids is 2. The van der Waals surface area contributed by atoms with Gasteiger partial charge in [-0.05, 0) is 30.3 Å². The van der Waals surface area contributed by atoms with E-state index >= 15 is 0 Å². The monoisotopic (exact) mass is 322 g/mol. The molecule has 0 spiro atoms. The van der Waals surface area contributed by atoms with Gasteiger partial charge in [-0.3, -0.25) is 10.1 Å². The highest BCUT2D eigenvalue weighted by Gasteiger charge is 2.12. The van der Waals surface area contributed by atoms with Crippen LogP contribution in [-0.4, -0.2) is 19.1 Å². The third kappa shape index (κ3) is 3.73. The van der Waals surface area contributed by atoms with Crippen molar-refractivity contribution in [1.29, 1.82) is 0 Å². The minimum atomic E-state index is -0.812. The van der Waals surface area contributed by atoms with Crippen LogP contribution < -0.4 is 10.6 Å². The third-order valence-electron chi connectivity index (χ3n) is 2.76. The van der Waals surface area contributed by atoms with Crippen LogP contribution in [0.2, 0.25) is 5.02 Å². The number of hydrogen-bond acceptors (Lipinski definition) is 3. The number of methoxy groups -OCH3 is 1. The molecule has 22 heavy (non-hydrogen) atoms. The van der Waals surface area contributed by atoms with E-state index < -0.39 is 17.8 Å². The summed E-state index contributed by atoms with van der Waals surface area (Å²) in [6.07, 6.45) is -0.812. The van der Waals surface area contributed by atoms with Gasteiger partial charge in [0, 0.05) is 5.69 Å². The lowest BCUT2D eigenvalue weighted by atomic mass is 10.2. The molecule has 0 saturated carbocycles. The standard InChI is InChI=1S/C15H12ClFN2O3/c1-22-15(21)19-13-8-9(6-7-12(13)17)18-14(20)10-4-2-3-5-11(10)16/h2-8H,1H3,(H,18,20)(H,19,21). The number of halogens is 2. The van der Waals surface area contributed by atoms with Crippen LogP contribution in [-0.2, 0) is 4.74 Å². The molecule has 0 aliphatic heterocycles. The van der Waals surface area contributed by atoms with Crippen molar-refractivity contribution in [1.82, 2.24) is 0 Å². The lowest BCUT2D eigenvalue weighted by Crippen LogP contribution is -2.15. The number of ether oxygens (including phenoxy) is 1. The molecule has 5 nitrogen and oxygen atoms in total. The van der Waals surface area contributed by atoms with Gasteiger partial charge >= 0.3 is 6.09 Å². The van der Waals surface area contributed by atoms with E-state index in [9.17, 15) is 14.0 Å². The molecule has 0 aromatic heterocycles. The summed E-state index contributed by atoms with van der Waals surface area (Å²) < 4.78 is 18.0. The van der Waals surface area contributed by atoms with Crippen molar-refractivity contribution >= 4 is 35.0 Å².